The predicted octanol–water partition coefficient (Wildman–Crippen LogP) is 9.58. The number of hydrogen-bond donors (Lipinski definition) is 0. The van der Waals surface area contributed by atoms with E-state index in [4.69, 9.17) is 9.47 Å². The molecule has 0 saturated carbocycles. The number of Topliss-reactive ketones (excluding diaryl/α,β-unsaturated/α-hetero) is 2. The molecule has 5 nitrogen and oxygen atoms in total. The zero-order valence-electron chi connectivity index (χ0n) is 24.6. The van der Waals surface area contributed by atoms with Gasteiger partial charge >= 0.3 is 0 Å². The number of pyridine rings is 1. The van der Waals surface area contributed by atoms with E-state index in [1.165, 1.54) is 77.0 Å². The molecule has 1 aromatic heterocycles. The number of carbonyl (C=O) groups excluding carboxylic acids is 2. The minimum atomic E-state index is -0.285. The first-order valence-electron chi connectivity index (χ1n) is 15.5. The summed E-state index contributed by atoms with van der Waals surface area (Å²) in [5.41, 5.74) is 0.748. The van der Waals surface area contributed by atoms with Gasteiger partial charge in [-0.05, 0) is 37.1 Å². The number of unbranched alkanes of at least 4 members (excludes halogenated alkanes) is 14. The van der Waals surface area contributed by atoms with Crippen molar-refractivity contribution in [1.29, 1.82) is 0 Å². The summed E-state index contributed by atoms with van der Waals surface area (Å²) in [5.74, 6) is 0.715. The van der Waals surface area contributed by atoms with Gasteiger partial charge in [-0.3, -0.25) is 14.6 Å². The van der Waals surface area contributed by atoms with Crippen molar-refractivity contribution in [3.8, 4) is 11.5 Å². The number of aromatic nitrogens is 1. The molecule has 0 radical (unpaired) electrons. The second-order valence-electron chi connectivity index (χ2n) is 10.6. The largest absolute Gasteiger partial charge is 0.493 e. The Morgan fingerprint density at radius 3 is 1.56 bits per heavy atom. The van der Waals surface area contributed by atoms with E-state index in [9.17, 15) is 9.59 Å². The van der Waals surface area contributed by atoms with Gasteiger partial charge in [0.2, 0.25) is 0 Å². The van der Waals surface area contributed by atoms with E-state index < -0.39 is 0 Å². The second-order valence-corrected chi connectivity index (χ2v) is 10.6. The molecule has 0 bridgehead atoms. The van der Waals surface area contributed by atoms with E-state index in [-0.39, 0.29) is 18.0 Å². The number of nitrogens with zero attached hydrogens (tertiary/aromatic N) is 1. The van der Waals surface area contributed by atoms with Crippen molar-refractivity contribution >= 4 is 11.6 Å². The fraction of sp³-hybridized carbons (Fsp3) is 0.618. The third-order valence-corrected chi connectivity index (χ3v) is 7.01. The van der Waals surface area contributed by atoms with Gasteiger partial charge < -0.3 is 9.47 Å². The van der Waals surface area contributed by atoms with Gasteiger partial charge in [0, 0.05) is 17.8 Å². The van der Waals surface area contributed by atoms with Crippen molar-refractivity contribution in [3.63, 3.8) is 0 Å². The molecule has 0 spiro atoms. The van der Waals surface area contributed by atoms with Crippen LogP contribution in [0.1, 0.15) is 144 Å². The highest BCUT2D eigenvalue weighted by atomic mass is 16.5. The van der Waals surface area contributed by atoms with Crippen molar-refractivity contribution < 1.29 is 19.1 Å². The standard InChI is InChI=1S/C34H51NO4/c1-3-5-7-9-11-13-15-19-23-38-30-25-29(33(36)28-34(37)32-21-17-18-22-35-32)26-31(27-30)39-24-20-16-14-12-10-8-6-4-2/h17-18,21-22,25-27H,3-16,19-20,23-24,28H2,1-2H3. The first-order chi connectivity index (χ1) is 19.1. The summed E-state index contributed by atoms with van der Waals surface area (Å²) < 4.78 is 12.1. The van der Waals surface area contributed by atoms with E-state index in [1.807, 2.05) is 6.07 Å². The summed E-state index contributed by atoms with van der Waals surface area (Å²) in [6.45, 7) is 5.70. The van der Waals surface area contributed by atoms with Crippen molar-refractivity contribution in [1.82, 2.24) is 4.98 Å². The molecule has 2 aromatic rings. The lowest BCUT2D eigenvalue weighted by Gasteiger charge is -2.12. The van der Waals surface area contributed by atoms with Crippen LogP contribution in [-0.2, 0) is 0 Å². The van der Waals surface area contributed by atoms with Gasteiger partial charge in [0.05, 0.1) is 19.6 Å². The molecule has 0 unspecified atom stereocenters. The second kappa shape index (κ2) is 21.2. The molecular weight excluding hydrogens is 486 g/mol. The highest BCUT2D eigenvalue weighted by Gasteiger charge is 2.17. The van der Waals surface area contributed by atoms with Crippen molar-refractivity contribution in [3.05, 3.63) is 53.9 Å². The molecule has 0 aliphatic carbocycles. The molecule has 0 saturated heterocycles. The van der Waals surface area contributed by atoms with E-state index in [2.05, 4.69) is 18.8 Å². The van der Waals surface area contributed by atoms with Crippen LogP contribution < -0.4 is 9.47 Å². The minimum Gasteiger partial charge on any atom is -0.493 e. The Labute approximate surface area is 237 Å². The van der Waals surface area contributed by atoms with Crippen LogP contribution in [-0.4, -0.2) is 29.8 Å². The molecule has 1 aromatic carbocycles. The van der Waals surface area contributed by atoms with E-state index in [1.54, 1.807) is 36.5 Å². The third-order valence-electron chi connectivity index (χ3n) is 7.01. The van der Waals surface area contributed by atoms with Crippen LogP contribution in [0.15, 0.2) is 42.6 Å². The number of rotatable bonds is 24. The third kappa shape index (κ3) is 14.9. The number of benzene rings is 1. The Bertz CT molecular complexity index is 888. The van der Waals surface area contributed by atoms with Crippen LogP contribution >= 0.6 is 0 Å². The predicted molar refractivity (Wildman–Crippen MR) is 160 cm³/mol. The van der Waals surface area contributed by atoms with Gasteiger partial charge in [-0.25, -0.2) is 0 Å². The van der Waals surface area contributed by atoms with Crippen LogP contribution in [0.25, 0.3) is 0 Å². The molecule has 1 heterocycles. The molecule has 0 aliphatic rings. The lowest BCUT2D eigenvalue weighted by atomic mass is 10.0. The van der Waals surface area contributed by atoms with Crippen molar-refractivity contribution in [2.24, 2.45) is 0 Å². The van der Waals surface area contributed by atoms with Gasteiger partial charge in [-0.1, -0.05) is 110 Å². The smallest absolute Gasteiger partial charge is 0.188 e. The Balaban J connectivity index is 1.87. The lowest BCUT2D eigenvalue weighted by molar-refractivity contribution is 0.0890. The fourth-order valence-corrected chi connectivity index (χ4v) is 4.62. The molecule has 0 atom stereocenters. The maximum absolute atomic E-state index is 13.0. The molecule has 2 rings (SSSR count). The number of ether oxygens (including phenoxy) is 2. The van der Waals surface area contributed by atoms with Gasteiger partial charge in [-0.2, -0.15) is 0 Å². The zero-order valence-corrected chi connectivity index (χ0v) is 24.6. The maximum atomic E-state index is 13.0. The molecule has 0 amide bonds. The minimum absolute atomic E-state index is 0.226. The summed E-state index contributed by atoms with van der Waals surface area (Å²) in [7, 11) is 0. The van der Waals surface area contributed by atoms with Gasteiger partial charge in [0.15, 0.2) is 11.6 Å². The van der Waals surface area contributed by atoms with Gasteiger partial charge in [0.25, 0.3) is 0 Å². The number of ketones is 2. The number of hydrogen-bond acceptors (Lipinski definition) is 5. The topological polar surface area (TPSA) is 65.5 Å². The van der Waals surface area contributed by atoms with Gasteiger partial charge in [0.1, 0.15) is 17.2 Å². The summed E-state index contributed by atoms with van der Waals surface area (Å²) in [4.78, 5) is 29.7. The normalized spacial score (nSPS) is 10.9. The fourth-order valence-electron chi connectivity index (χ4n) is 4.62. The SMILES string of the molecule is CCCCCCCCCCOc1cc(OCCCCCCCCCC)cc(C(=O)CC(=O)c2ccccn2)c1. The van der Waals surface area contributed by atoms with Crippen LogP contribution in [0.5, 0.6) is 11.5 Å². The monoisotopic (exact) mass is 537 g/mol. The van der Waals surface area contributed by atoms with E-state index in [0.717, 1.165) is 25.7 Å². The van der Waals surface area contributed by atoms with Crippen molar-refractivity contribution in [2.45, 2.75) is 123 Å². The van der Waals surface area contributed by atoms with E-state index in [0.29, 0.717) is 36.0 Å². The summed E-state index contributed by atoms with van der Waals surface area (Å²) in [6, 6.07) is 10.5. The Morgan fingerprint density at radius 1 is 0.615 bits per heavy atom. The molecule has 5 heteroatoms. The van der Waals surface area contributed by atoms with Gasteiger partial charge in [-0.15, -0.1) is 0 Å². The maximum Gasteiger partial charge on any atom is 0.188 e. The van der Waals surface area contributed by atoms with Crippen LogP contribution in [0, 0.1) is 0 Å². The highest BCUT2D eigenvalue weighted by molar-refractivity contribution is 6.13. The first kappa shape index (κ1) is 32.5. The molecule has 216 valence electrons. The summed E-state index contributed by atoms with van der Waals surface area (Å²) >= 11 is 0. The molecular formula is C34H51NO4. The Morgan fingerprint density at radius 2 is 1.10 bits per heavy atom. The molecule has 0 fully saturated rings. The lowest BCUT2D eigenvalue weighted by Crippen LogP contribution is -2.11. The molecule has 0 N–H and O–H groups in total. The van der Waals surface area contributed by atoms with Crippen molar-refractivity contribution in [2.75, 3.05) is 13.2 Å². The molecule has 39 heavy (non-hydrogen) atoms. The first-order valence-corrected chi connectivity index (χ1v) is 15.5. The summed E-state index contributed by atoms with van der Waals surface area (Å²) in [6.07, 6.45) is 21.1. The quantitative estimate of drug-likeness (QED) is 0.0757. The average Bonchev–Trinajstić information content (AvgIpc) is 2.95. The summed E-state index contributed by atoms with van der Waals surface area (Å²) in [5, 5.41) is 0. The van der Waals surface area contributed by atoms with Crippen LogP contribution in [0.4, 0.5) is 0 Å². The zero-order chi connectivity index (χ0) is 28.0. The van der Waals surface area contributed by atoms with Crippen LogP contribution in [0.3, 0.4) is 0 Å². The average molecular weight is 538 g/mol. The number of carbonyl (C=O) groups is 2. The van der Waals surface area contributed by atoms with E-state index >= 15 is 0 Å². The Kier molecular flexibility index (Phi) is 17.7. The molecule has 0 aliphatic heterocycles. The van der Waals surface area contributed by atoms with Crippen LogP contribution in [0.2, 0.25) is 0 Å². The Hall–Kier alpha value is -2.69. The highest BCUT2D eigenvalue weighted by Crippen LogP contribution is 2.25.